The fraction of sp³-hybridized carbons (Fsp3) is 0.381. The van der Waals surface area contributed by atoms with Gasteiger partial charge in [-0.25, -0.2) is 4.98 Å². The molecule has 0 spiro atoms. The zero-order valence-electron chi connectivity index (χ0n) is 16.2. The Morgan fingerprint density at radius 3 is 2.89 bits per heavy atom. The van der Waals surface area contributed by atoms with Gasteiger partial charge in [0.05, 0.1) is 0 Å². The lowest BCUT2D eigenvalue weighted by molar-refractivity contribution is 0.0607. The molecule has 0 radical (unpaired) electrons. The van der Waals surface area contributed by atoms with Crippen molar-refractivity contribution in [3.63, 3.8) is 0 Å². The molecule has 3 aromatic rings. The molecule has 0 N–H and O–H groups in total. The highest BCUT2D eigenvalue weighted by atomic mass is 32.1. The summed E-state index contributed by atoms with van der Waals surface area (Å²) in [5.74, 6) is -0.246. The number of amides is 1. The van der Waals surface area contributed by atoms with Gasteiger partial charge in [-0.05, 0) is 31.9 Å². The quantitative estimate of drug-likeness (QED) is 0.680. The zero-order chi connectivity index (χ0) is 19.7. The minimum atomic E-state index is -0.280. The van der Waals surface area contributed by atoms with Gasteiger partial charge in [-0.2, -0.15) is 0 Å². The number of nitrogens with zero attached hydrogens (tertiary/aromatic N) is 4. The van der Waals surface area contributed by atoms with Crippen LogP contribution >= 0.6 is 11.3 Å². The maximum Gasteiger partial charge on any atom is 0.271 e. The van der Waals surface area contributed by atoms with Gasteiger partial charge in [0, 0.05) is 43.4 Å². The number of rotatable bonds is 4. The van der Waals surface area contributed by atoms with Gasteiger partial charge < -0.3 is 4.90 Å². The lowest BCUT2D eigenvalue weighted by Gasteiger charge is -2.37. The molecule has 1 aromatic carbocycles. The Kier molecular flexibility index (Phi) is 5.28. The van der Waals surface area contributed by atoms with Crippen molar-refractivity contribution in [1.82, 2.24) is 19.2 Å². The van der Waals surface area contributed by atoms with Crippen LogP contribution in [0.1, 0.15) is 34.5 Å². The molecule has 7 heteroatoms. The molecule has 1 fully saturated rings. The number of hydrogen-bond donors (Lipinski definition) is 0. The van der Waals surface area contributed by atoms with Crippen molar-refractivity contribution in [3.05, 3.63) is 69.1 Å². The highest BCUT2D eigenvalue weighted by molar-refractivity contribution is 7.15. The topological polar surface area (TPSA) is 57.9 Å². The van der Waals surface area contributed by atoms with E-state index < -0.39 is 0 Å². The summed E-state index contributed by atoms with van der Waals surface area (Å²) in [5.41, 5.74) is 1.94. The number of carbonyl (C=O) groups is 1. The summed E-state index contributed by atoms with van der Waals surface area (Å²) in [6.45, 7) is 4.57. The molecule has 146 valence electrons. The van der Waals surface area contributed by atoms with E-state index in [1.165, 1.54) is 27.5 Å². The standard InChI is InChI=1S/C21H24N4O2S/c1-15-14-28-21-22-11-18(20(27)25(15)21)19(26)23(2)17-9-6-10-24(13-17)12-16-7-4-3-5-8-16/h3-5,7-8,11,14,17H,6,9-10,12-13H2,1-2H3. The molecule has 1 amide bonds. The van der Waals surface area contributed by atoms with E-state index in [-0.39, 0.29) is 23.1 Å². The van der Waals surface area contributed by atoms with Crippen molar-refractivity contribution in [2.24, 2.45) is 0 Å². The molecule has 1 aliphatic rings. The molecule has 3 heterocycles. The lowest BCUT2D eigenvalue weighted by Crippen LogP contribution is -2.49. The van der Waals surface area contributed by atoms with Crippen LogP contribution in [0.2, 0.25) is 0 Å². The molecule has 0 aliphatic carbocycles. The van der Waals surface area contributed by atoms with E-state index >= 15 is 0 Å². The second-order valence-corrected chi connectivity index (χ2v) is 8.24. The van der Waals surface area contributed by atoms with E-state index in [1.807, 2.05) is 18.4 Å². The Morgan fingerprint density at radius 2 is 2.11 bits per heavy atom. The first-order valence-corrected chi connectivity index (χ1v) is 10.4. The first kappa shape index (κ1) is 18.8. The fourth-order valence-corrected chi connectivity index (χ4v) is 4.69. The highest BCUT2D eigenvalue weighted by Crippen LogP contribution is 2.19. The predicted octanol–water partition coefficient (Wildman–Crippen LogP) is 2.80. The van der Waals surface area contributed by atoms with Crippen LogP contribution in [0.15, 0.2) is 46.7 Å². The third-order valence-electron chi connectivity index (χ3n) is 5.44. The predicted molar refractivity (Wildman–Crippen MR) is 111 cm³/mol. The van der Waals surface area contributed by atoms with E-state index in [0.29, 0.717) is 4.96 Å². The number of aromatic nitrogens is 2. The normalized spacial score (nSPS) is 17.7. The Hall–Kier alpha value is -2.51. The monoisotopic (exact) mass is 396 g/mol. The summed E-state index contributed by atoms with van der Waals surface area (Å²) in [6, 6.07) is 10.5. The van der Waals surface area contributed by atoms with Gasteiger partial charge in [0.25, 0.3) is 11.5 Å². The van der Waals surface area contributed by atoms with Gasteiger partial charge in [0.2, 0.25) is 0 Å². The Balaban J connectivity index is 1.51. The van der Waals surface area contributed by atoms with Crippen molar-refractivity contribution in [3.8, 4) is 0 Å². The van der Waals surface area contributed by atoms with Crippen LogP contribution < -0.4 is 5.56 Å². The van der Waals surface area contributed by atoms with Gasteiger partial charge in [-0.3, -0.25) is 18.9 Å². The van der Waals surface area contributed by atoms with Crippen molar-refractivity contribution in [2.75, 3.05) is 20.1 Å². The van der Waals surface area contributed by atoms with E-state index in [1.54, 1.807) is 11.9 Å². The fourth-order valence-electron chi connectivity index (χ4n) is 3.86. The average Bonchev–Trinajstić information content (AvgIpc) is 3.10. The van der Waals surface area contributed by atoms with Gasteiger partial charge in [-0.1, -0.05) is 30.3 Å². The molecule has 0 bridgehead atoms. The smallest absolute Gasteiger partial charge is 0.271 e. The summed E-state index contributed by atoms with van der Waals surface area (Å²) in [6.07, 6.45) is 3.41. The van der Waals surface area contributed by atoms with Crippen LogP contribution in [0, 0.1) is 6.92 Å². The zero-order valence-corrected chi connectivity index (χ0v) is 17.0. The van der Waals surface area contributed by atoms with Crippen LogP contribution in [0.3, 0.4) is 0 Å². The highest BCUT2D eigenvalue weighted by Gasteiger charge is 2.28. The first-order valence-electron chi connectivity index (χ1n) is 9.54. The Labute approximate surface area is 168 Å². The number of fused-ring (bicyclic) bond motifs is 1. The van der Waals surface area contributed by atoms with E-state index in [9.17, 15) is 9.59 Å². The first-order chi connectivity index (χ1) is 13.5. The van der Waals surface area contributed by atoms with Gasteiger partial charge in [0.1, 0.15) is 5.56 Å². The van der Waals surface area contributed by atoms with Crippen molar-refractivity contribution < 1.29 is 4.79 Å². The van der Waals surface area contributed by atoms with Crippen LogP contribution in [0.4, 0.5) is 0 Å². The van der Waals surface area contributed by atoms with Crippen LogP contribution in [0.5, 0.6) is 0 Å². The molecule has 2 aromatic heterocycles. The molecule has 1 saturated heterocycles. The maximum atomic E-state index is 13.1. The summed E-state index contributed by atoms with van der Waals surface area (Å²) >= 11 is 1.41. The average molecular weight is 397 g/mol. The third kappa shape index (κ3) is 3.59. The molecule has 28 heavy (non-hydrogen) atoms. The molecule has 6 nitrogen and oxygen atoms in total. The summed E-state index contributed by atoms with van der Waals surface area (Å²) < 4.78 is 1.52. The molecule has 1 unspecified atom stereocenters. The second kappa shape index (κ2) is 7.85. The molecular weight excluding hydrogens is 372 g/mol. The van der Waals surface area contributed by atoms with Crippen LogP contribution in [0.25, 0.3) is 4.96 Å². The van der Waals surface area contributed by atoms with Gasteiger partial charge in [-0.15, -0.1) is 11.3 Å². The number of carbonyl (C=O) groups excluding carboxylic acids is 1. The number of hydrogen-bond acceptors (Lipinski definition) is 5. The Morgan fingerprint density at radius 1 is 1.32 bits per heavy atom. The van der Waals surface area contributed by atoms with Gasteiger partial charge in [0.15, 0.2) is 4.96 Å². The number of likely N-dealkylation sites (N-methyl/N-ethyl adjacent to an activating group) is 1. The van der Waals surface area contributed by atoms with E-state index in [4.69, 9.17) is 0 Å². The number of piperidine rings is 1. The van der Waals surface area contributed by atoms with Crippen molar-refractivity contribution in [2.45, 2.75) is 32.4 Å². The van der Waals surface area contributed by atoms with Crippen molar-refractivity contribution >= 4 is 22.2 Å². The summed E-state index contributed by atoms with van der Waals surface area (Å²) in [4.78, 5) is 34.9. The lowest BCUT2D eigenvalue weighted by atomic mass is 10.0. The van der Waals surface area contributed by atoms with E-state index in [0.717, 1.165) is 38.2 Å². The van der Waals surface area contributed by atoms with Crippen molar-refractivity contribution in [1.29, 1.82) is 0 Å². The maximum absolute atomic E-state index is 13.1. The van der Waals surface area contributed by atoms with Crippen LogP contribution in [-0.4, -0.2) is 51.3 Å². The van der Waals surface area contributed by atoms with E-state index in [2.05, 4.69) is 34.1 Å². The molecule has 0 saturated carbocycles. The summed E-state index contributed by atoms with van der Waals surface area (Å²) in [7, 11) is 1.80. The molecular formula is C21H24N4O2S. The third-order valence-corrected chi connectivity index (χ3v) is 6.40. The number of thiazole rings is 1. The number of benzene rings is 1. The Bertz CT molecular complexity index is 1040. The minimum Gasteiger partial charge on any atom is -0.337 e. The number of aryl methyl sites for hydroxylation is 1. The molecule has 1 atom stereocenters. The SMILES string of the molecule is Cc1csc2ncc(C(=O)N(C)C3CCCN(Cc4ccccc4)C3)c(=O)n12. The second-order valence-electron chi connectivity index (χ2n) is 7.40. The molecule has 1 aliphatic heterocycles. The number of likely N-dealkylation sites (tertiary alicyclic amines) is 1. The summed E-state index contributed by atoms with van der Waals surface area (Å²) in [5, 5.41) is 1.88. The minimum absolute atomic E-state index is 0.0913. The van der Waals surface area contributed by atoms with Crippen LogP contribution in [-0.2, 0) is 6.54 Å². The largest absolute Gasteiger partial charge is 0.337 e. The van der Waals surface area contributed by atoms with Gasteiger partial charge >= 0.3 is 0 Å². The molecule has 4 rings (SSSR count).